The molecule has 0 aromatic rings. The lowest BCUT2D eigenvalue weighted by atomic mass is 10.4. The van der Waals surface area contributed by atoms with E-state index < -0.39 is 23.4 Å². The molecule has 35 heavy (non-hydrogen) atoms. The first-order valence-corrected chi connectivity index (χ1v) is 19.7. The molecule has 0 spiro atoms. The Morgan fingerprint density at radius 1 is 0.600 bits per heavy atom. The van der Waals surface area contributed by atoms with Crippen molar-refractivity contribution < 1.29 is 0 Å². The molecule has 0 saturated carbocycles. The van der Waals surface area contributed by atoms with E-state index >= 15 is 0 Å². The number of nitrogens with one attached hydrogen (secondary N) is 2. The second kappa shape index (κ2) is 11.2. The lowest BCUT2D eigenvalue weighted by Gasteiger charge is -2.53. The van der Waals surface area contributed by atoms with E-state index in [0.717, 1.165) is 13.1 Å². The molecule has 0 aromatic heterocycles. The lowest BCUT2D eigenvalue weighted by Crippen LogP contribution is -2.62. The highest BCUT2D eigenvalue weighted by atomic mass is 31.3. The largest absolute Gasteiger partial charge is 0.380 e. The molecule has 5 aliphatic heterocycles. The molecule has 9 nitrogen and oxygen atoms in total. The number of hydrogen-bond donors (Lipinski definition) is 2. The molecule has 5 saturated heterocycles. The molecule has 0 aromatic carbocycles. The Morgan fingerprint density at radius 3 is 1.49 bits per heavy atom. The van der Waals surface area contributed by atoms with Crippen LogP contribution in [0.25, 0.3) is 0 Å². The molecule has 2 unspecified atom stereocenters. The zero-order valence-corrected chi connectivity index (χ0v) is 25.9. The van der Waals surface area contributed by atoms with Crippen molar-refractivity contribution in [1.82, 2.24) is 42.4 Å². The van der Waals surface area contributed by atoms with Gasteiger partial charge in [0.1, 0.15) is 6.66 Å². The van der Waals surface area contributed by atoms with Gasteiger partial charge in [-0.05, 0) is 65.5 Å². The van der Waals surface area contributed by atoms with Crippen LogP contribution in [0.1, 0.15) is 51.4 Å². The van der Waals surface area contributed by atoms with Gasteiger partial charge in [-0.1, -0.05) is 0 Å². The van der Waals surface area contributed by atoms with Crippen LogP contribution >= 0.6 is 23.4 Å². The van der Waals surface area contributed by atoms with Gasteiger partial charge in [0, 0.05) is 80.1 Å². The van der Waals surface area contributed by atoms with E-state index in [-0.39, 0.29) is 0 Å². The van der Waals surface area contributed by atoms with Crippen molar-refractivity contribution in [2.45, 2.75) is 51.4 Å². The molecular weight excluding hydrogens is 495 g/mol. The molecule has 5 heterocycles. The molecule has 5 rings (SSSR count). The third-order valence-corrected chi connectivity index (χ3v) is 23.5. The van der Waals surface area contributed by atoms with Crippen LogP contribution in [0, 0.1) is 0 Å². The molecule has 0 radical (unpaired) electrons. The minimum Gasteiger partial charge on any atom is -0.308 e. The summed E-state index contributed by atoms with van der Waals surface area (Å²) in [7, 11) is 3.86. The second-order valence-corrected chi connectivity index (χ2v) is 21.9. The molecule has 2 atom stereocenters. The fourth-order valence-corrected chi connectivity index (χ4v) is 25.7. The van der Waals surface area contributed by atoms with Crippen molar-refractivity contribution in [1.29, 1.82) is 0 Å². The van der Waals surface area contributed by atoms with Gasteiger partial charge in [0.2, 0.25) is 0 Å². The first-order chi connectivity index (χ1) is 16.8. The van der Waals surface area contributed by atoms with E-state index in [9.17, 15) is 0 Å². The average Bonchev–Trinajstić information content (AvgIpc) is 3.67. The summed E-state index contributed by atoms with van der Waals surface area (Å²) in [4.78, 5) is 11.5. The van der Waals surface area contributed by atoms with Gasteiger partial charge in [0.15, 0.2) is 0 Å². The highest BCUT2D eigenvalue weighted by Crippen LogP contribution is 2.89. The number of likely N-dealkylation sites (N-methyl/N-ethyl adjacent to an activating group) is 2. The van der Waals surface area contributed by atoms with Gasteiger partial charge >= 0.3 is 23.4 Å². The van der Waals surface area contributed by atoms with Crippen LogP contribution in [0.2, 0.25) is 0 Å². The van der Waals surface area contributed by atoms with Crippen molar-refractivity contribution in [2.24, 2.45) is 0 Å². The maximum atomic E-state index is 4.60. The van der Waals surface area contributed by atoms with Crippen molar-refractivity contribution in [3.8, 4) is 0 Å². The summed E-state index contributed by atoms with van der Waals surface area (Å²) in [5.41, 5.74) is 0. The SMILES string of the molecule is CN(C)CCN(C)[P+]1(N2CCCC2)N[P+](C)(N2CCCC2)N[P+](N2CCCC2)(N2CCCC2)N1C. The van der Waals surface area contributed by atoms with Gasteiger partial charge in [-0.2, -0.15) is 0 Å². The van der Waals surface area contributed by atoms with Crippen LogP contribution in [0.5, 0.6) is 0 Å². The van der Waals surface area contributed by atoms with Crippen molar-refractivity contribution in [3.63, 3.8) is 0 Å². The van der Waals surface area contributed by atoms with Crippen molar-refractivity contribution in [2.75, 3.05) is 100 Å². The van der Waals surface area contributed by atoms with Gasteiger partial charge < -0.3 is 4.90 Å². The normalized spacial score (nSPS) is 36.4. The van der Waals surface area contributed by atoms with E-state index in [1.54, 1.807) is 0 Å². The van der Waals surface area contributed by atoms with E-state index in [1.807, 2.05) is 0 Å². The maximum absolute atomic E-state index is 4.60. The van der Waals surface area contributed by atoms with Crippen LogP contribution in [-0.4, -0.2) is 133 Å². The van der Waals surface area contributed by atoms with E-state index in [4.69, 9.17) is 0 Å². The van der Waals surface area contributed by atoms with Crippen molar-refractivity contribution >= 4 is 23.4 Å². The molecule has 0 amide bonds. The zero-order valence-electron chi connectivity index (χ0n) is 23.2. The summed E-state index contributed by atoms with van der Waals surface area (Å²) in [6.45, 7) is 14.8. The fraction of sp³-hybridized carbons (Fsp3) is 1.00. The third-order valence-electron chi connectivity index (χ3n) is 8.89. The topological polar surface area (TPSA) is 46.7 Å². The van der Waals surface area contributed by atoms with Crippen LogP contribution in [0.15, 0.2) is 0 Å². The Kier molecular flexibility index (Phi) is 8.80. The summed E-state index contributed by atoms with van der Waals surface area (Å²) in [6.07, 6.45) is 10.8. The standard InChI is InChI=1S/C23H53N9P3/c1-26(2)22-23-27(3)34(30-16-8-9-17-30)24-33(5,29-14-6-7-15-29)25-35(28(34)4,31-18-10-11-19-31)32-20-12-13-21-32/h24-25H,6-23H2,1-5H3/q+3. The average molecular weight is 549 g/mol. The third kappa shape index (κ3) is 4.90. The molecule has 5 aliphatic rings. The highest BCUT2D eigenvalue weighted by Gasteiger charge is 2.83. The van der Waals surface area contributed by atoms with Gasteiger partial charge in [-0.25, -0.2) is 0 Å². The first-order valence-electron chi connectivity index (χ1n) is 14.2. The van der Waals surface area contributed by atoms with Crippen LogP contribution in [-0.2, 0) is 0 Å². The van der Waals surface area contributed by atoms with Gasteiger partial charge in [-0.15, -0.1) is 23.4 Å². The molecule has 5 fully saturated rings. The summed E-state index contributed by atoms with van der Waals surface area (Å²) in [6, 6.07) is 0. The smallest absolute Gasteiger partial charge is 0.308 e. The van der Waals surface area contributed by atoms with E-state index in [2.05, 4.69) is 77.3 Å². The van der Waals surface area contributed by atoms with Gasteiger partial charge in [-0.3, -0.25) is 0 Å². The Labute approximate surface area is 217 Å². The minimum atomic E-state index is -1.94. The van der Waals surface area contributed by atoms with Gasteiger partial charge in [0.25, 0.3) is 0 Å². The summed E-state index contributed by atoms with van der Waals surface area (Å²) in [5.74, 6) is 0. The van der Waals surface area contributed by atoms with Crippen LogP contribution in [0.3, 0.4) is 0 Å². The Bertz CT molecular complexity index is 692. The lowest BCUT2D eigenvalue weighted by molar-refractivity contribution is 0.329. The van der Waals surface area contributed by atoms with Crippen LogP contribution < -0.4 is 9.72 Å². The Balaban J connectivity index is 1.64. The summed E-state index contributed by atoms with van der Waals surface area (Å²) < 4.78 is 17.5. The highest BCUT2D eigenvalue weighted by molar-refractivity contribution is 7.97. The quantitative estimate of drug-likeness (QED) is 0.442. The first kappa shape index (κ1) is 27.5. The molecular formula is C23H53N9P3+3. The number of rotatable bonds is 8. The zero-order chi connectivity index (χ0) is 24.7. The number of nitrogens with zero attached hydrogens (tertiary/aromatic N) is 7. The second-order valence-electron chi connectivity index (χ2n) is 11.6. The molecule has 0 bridgehead atoms. The van der Waals surface area contributed by atoms with E-state index in [1.165, 1.54) is 104 Å². The molecule has 202 valence electrons. The monoisotopic (exact) mass is 548 g/mol. The van der Waals surface area contributed by atoms with Gasteiger partial charge in [0.05, 0.1) is 13.6 Å². The van der Waals surface area contributed by atoms with Crippen molar-refractivity contribution in [3.05, 3.63) is 0 Å². The summed E-state index contributed by atoms with van der Waals surface area (Å²) in [5, 5.41) is 0. The Hall–Kier alpha value is 0.930. The summed E-state index contributed by atoms with van der Waals surface area (Å²) >= 11 is 0. The predicted octanol–water partition coefficient (Wildman–Crippen LogP) is 3.74. The van der Waals surface area contributed by atoms with E-state index in [0.29, 0.717) is 0 Å². The molecule has 12 heteroatoms. The molecule has 2 N–H and O–H groups in total. The predicted molar refractivity (Wildman–Crippen MR) is 155 cm³/mol. The minimum absolute atomic E-state index is 1.10. The van der Waals surface area contributed by atoms with Crippen LogP contribution in [0.4, 0.5) is 0 Å². The Morgan fingerprint density at radius 2 is 1.03 bits per heavy atom. The number of hydrogen-bond acceptors (Lipinski definition) is 9. The fourth-order valence-electron chi connectivity index (χ4n) is 6.93. The molecule has 0 aliphatic carbocycles. The maximum Gasteiger partial charge on any atom is 0.380 e.